The monoisotopic (exact) mass is 333 g/mol. The third-order valence-corrected chi connectivity index (χ3v) is 4.73. The summed E-state index contributed by atoms with van der Waals surface area (Å²) in [7, 11) is 0. The lowest BCUT2D eigenvalue weighted by molar-refractivity contribution is -0.144. The number of nitrogens with two attached hydrogens (primary N) is 1. The van der Waals surface area contributed by atoms with E-state index >= 15 is 0 Å². The summed E-state index contributed by atoms with van der Waals surface area (Å²) in [5.74, 6) is -0.488. The fourth-order valence-corrected chi connectivity index (χ4v) is 3.22. The van der Waals surface area contributed by atoms with E-state index in [4.69, 9.17) is 10.6 Å². The molecule has 3 rings (SSSR count). The van der Waals surface area contributed by atoms with Crippen LogP contribution in [-0.4, -0.2) is 51.4 Å². The molecule has 24 heavy (non-hydrogen) atoms. The molecule has 3 heterocycles. The van der Waals surface area contributed by atoms with Gasteiger partial charge in [-0.15, -0.1) is 0 Å². The Morgan fingerprint density at radius 1 is 1.38 bits per heavy atom. The maximum Gasteiger partial charge on any atom is 0.266 e. The summed E-state index contributed by atoms with van der Waals surface area (Å²) in [6.07, 6.45) is 3.02. The van der Waals surface area contributed by atoms with Crippen LogP contribution in [0.3, 0.4) is 0 Å². The first kappa shape index (κ1) is 16.5. The van der Waals surface area contributed by atoms with Crippen LogP contribution in [0.1, 0.15) is 37.4 Å². The average molecular weight is 333 g/mol. The van der Waals surface area contributed by atoms with Crippen molar-refractivity contribution >= 4 is 17.5 Å². The van der Waals surface area contributed by atoms with Gasteiger partial charge in [0.05, 0.1) is 11.4 Å². The highest BCUT2D eigenvalue weighted by Crippen LogP contribution is 2.23. The molecule has 0 spiro atoms. The number of hydrogen-bond donors (Lipinski definition) is 1. The van der Waals surface area contributed by atoms with Gasteiger partial charge in [0, 0.05) is 43.7 Å². The molecule has 8 heteroatoms. The van der Waals surface area contributed by atoms with Crippen LogP contribution in [-0.2, 0) is 21.0 Å². The van der Waals surface area contributed by atoms with Gasteiger partial charge in [-0.2, -0.15) is 5.10 Å². The molecule has 1 atom stereocenters. The molecule has 0 bridgehead atoms. The molecule has 2 aliphatic rings. The molecule has 1 saturated heterocycles. The molecule has 0 aromatic carbocycles. The van der Waals surface area contributed by atoms with E-state index in [0.717, 1.165) is 23.5 Å². The van der Waals surface area contributed by atoms with E-state index in [2.05, 4.69) is 10.3 Å². The van der Waals surface area contributed by atoms with Crippen molar-refractivity contribution in [2.45, 2.75) is 45.8 Å². The first-order valence-corrected chi connectivity index (χ1v) is 8.34. The van der Waals surface area contributed by atoms with Gasteiger partial charge >= 0.3 is 0 Å². The summed E-state index contributed by atoms with van der Waals surface area (Å²) in [5.41, 5.74) is 7.90. The molecule has 2 aliphatic heterocycles. The van der Waals surface area contributed by atoms with E-state index in [0.29, 0.717) is 32.4 Å². The minimum absolute atomic E-state index is 0.0720. The predicted molar refractivity (Wildman–Crippen MR) is 87.2 cm³/mol. The predicted octanol–water partition coefficient (Wildman–Crippen LogP) is 0.428. The van der Waals surface area contributed by atoms with Crippen molar-refractivity contribution in [3.8, 4) is 0 Å². The van der Waals surface area contributed by atoms with Gasteiger partial charge < -0.3 is 15.5 Å². The van der Waals surface area contributed by atoms with Gasteiger partial charge in [-0.1, -0.05) is 5.16 Å². The number of rotatable bonds is 4. The number of piperidine rings is 1. The minimum Gasteiger partial charge on any atom is -0.382 e. The zero-order chi connectivity index (χ0) is 17.3. The fraction of sp³-hybridized carbons (Fsp3) is 0.625. The van der Waals surface area contributed by atoms with E-state index in [9.17, 15) is 9.59 Å². The Kier molecular flexibility index (Phi) is 4.55. The lowest BCUT2D eigenvalue weighted by Crippen LogP contribution is -2.45. The molecule has 2 amide bonds. The second kappa shape index (κ2) is 6.62. The van der Waals surface area contributed by atoms with E-state index < -0.39 is 6.10 Å². The van der Waals surface area contributed by atoms with E-state index in [-0.39, 0.29) is 17.7 Å². The van der Waals surface area contributed by atoms with E-state index in [1.807, 2.05) is 24.7 Å². The molecule has 0 saturated carbocycles. The van der Waals surface area contributed by atoms with Gasteiger partial charge in [0.2, 0.25) is 12.0 Å². The highest BCUT2D eigenvalue weighted by molar-refractivity contribution is 6.04. The molecule has 1 aromatic rings. The smallest absolute Gasteiger partial charge is 0.266 e. The number of hydrogen-bond acceptors (Lipinski definition) is 5. The quantitative estimate of drug-likeness (QED) is 0.863. The lowest BCUT2D eigenvalue weighted by atomic mass is 9.95. The van der Waals surface area contributed by atoms with Gasteiger partial charge in [-0.3, -0.25) is 14.3 Å². The summed E-state index contributed by atoms with van der Waals surface area (Å²) in [6, 6.07) is 0. The maximum absolute atomic E-state index is 12.6. The number of nitrogens with zero attached hydrogens (tertiary/aromatic N) is 4. The van der Waals surface area contributed by atoms with Gasteiger partial charge in [0.1, 0.15) is 0 Å². The zero-order valence-corrected chi connectivity index (χ0v) is 14.1. The van der Waals surface area contributed by atoms with Crippen LogP contribution < -0.4 is 5.73 Å². The third kappa shape index (κ3) is 3.13. The summed E-state index contributed by atoms with van der Waals surface area (Å²) in [4.78, 5) is 30.9. The molecule has 2 N–H and O–H groups in total. The Labute approximate surface area is 140 Å². The molecule has 130 valence electrons. The second-order valence-electron chi connectivity index (χ2n) is 6.32. The number of oxime groups is 1. The third-order valence-electron chi connectivity index (χ3n) is 4.73. The Morgan fingerprint density at radius 3 is 2.67 bits per heavy atom. The Balaban J connectivity index is 1.59. The van der Waals surface area contributed by atoms with Crippen LogP contribution in [0.4, 0.5) is 0 Å². The molecular weight excluding hydrogens is 310 g/mol. The molecule has 1 fully saturated rings. The number of aromatic nitrogens is 2. The van der Waals surface area contributed by atoms with Crippen molar-refractivity contribution in [2.24, 2.45) is 16.8 Å². The number of likely N-dealkylation sites (tertiary alicyclic amines) is 1. The summed E-state index contributed by atoms with van der Waals surface area (Å²) < 4.78 is 1.84. The van der Waals surface area contributed by atoms with Crippen molar-refractivity contribution < 1.29 is 14.4 Å². The largest absolute Gasteiger partial charge is 0.382 e. The first-order chi connectivity index (χ1) is 11.5. The molecule has 0 aliphatic carbocycles. The fourth-order valence-electron chi connectivity index (χ4n) is 3.22. The van der Waals surface area contributed by atoms with E-state index in [1.54, 1.807) is 4.90 Å². The highest BCUT2D eigenvalue weighted by atomic mass is 16.6. The van der Waals surface area contributed by atoms with Crippen LogP contribution in [0, 0.1) is 12.8 Å². The number of carbonyl (C=O) groups excluding carboxylic acids is 2. The van der Waals surface area contributed by atoms with Gasteiger partial charge in [0.15, 0.2) is 0 Å². The van der Waals surface area contributed by atoms with Crippen molar-refractivity contribution in [1.29, 1.82) is 0 Å². The molecular formula is C16H23N5O3. The van der Waals surface area contributed by atoms with Crippen LogP contribution in [0.2, 0.25) is 0 Å². The zero-order valence-electron chi connectivity index (χ0n) is 14.1. The Morgan fingerprint density at radius 2 is 2.08 bits per heavy atom. The first-order valence-electron chi connectivity index (χ1n) is 8.34. The SMILES string of the molecule is CCn1cc(C2=NO[C@H](C(=O)N3CCC(C(N)=O)CC3)C2)c(C)n1. The normalized spacial score (nSPS) is 21.5. The molecule has 8 nitrogen and oxygen atoms in total. The highest BCUT2D eigenvalue weighted by Gasteiger charge is 2.35. The van der Waals surface area contributed by atoms with E-state index in [1.165, 1.54) is 0 Å². The van der Waals surface area contributed by atoms with Gasteiger partial charge in [0.25, 0.3) is 5.91 Å². The Hall–Kier alpha value is -2.38. The van der Waals surface area contributed by atoms with Gasteiger partial charge in [-0.25, -0.2) is 0 Å². The van der Waals surface area contributed by atoms with Crippen LogP contribution in [0.25, 0.3) is 0 Å². The lowest BCUT2D eigenvalue weighted by Gasteiger charge is -2.31. The molecule has 1 aromatic heterocycles. The number of aryl methyl sites for hydroxylation is 2. The second-order valence-corrected chi connectivity index (χ2v) is 6.32. The van der Waals surface area contributed by atoms with Crippen molar-refractivity contribution in [3.05, 3.63) is 17.5 Å². The van der Waals surface area contributed by atoms with Gasteiger partial charge in [-0.05, 0) is 26.7 Å². The molecule has 0 radical (unpaired) electrons. The summed E-state index contributed by atoms with van der Waals surface area (Å²) >= 11 is 0. The topological polar surface area (TPSA) is 103 Å². The summed E-state index contributed by atoms with van der Waals surface area (Å²) in [5, 5.41) is 8.50. The minimum atomic E-state index is -0.588. The number of amides is 2. The van der Waals surface area contributed by atoms with Crippen molar-refractivity contribution in [1.82, 2.24) is 14.7 Å². The summed E-state index contributed by atoms with van der Waals surface area (Å²) in [6.45, 7) is 5.80. The van der Waals surface area contributed by atoms with Crippen LogP contribution >= 0.6 is 0 Å². The van der Waals surface area contributed by atoms with Crippen molar-refractivity contribution in [3.63, 3.8) is 0 Å². The van der Waals surface area contributed by atoms with Crippen LogP contribution in [0.15, 0.2) is 11.4 Å². The number of primary amides is 1. The van der Waals surface area contributed by atoms with Crippen LogP contribution in [0.5, 0.6) is 0 Å². The standard InChI is InChI=1S/C16H23N5O3/c1-3-21-9-12(10(2)18-21)13-8-14(24-19-13)16(23)20-6-4-11(5-7-20)15(17)22/h9,11,14H,3-8H2,1-2H3,(H2,17,22)/t14-/m0/s1. The number of carbonyl (C=O) groups is 2. The molecule has 0 unspecified atom stereocenters. The average Bonchev–Trinajstić information content (AvgIpc) is 3.20. The maximum atomic E-state index is 12.6. The Bertz CT molecular complexity index is 673. The van der Waals surface area contributed by atoms with Crippen molar-refractivity contribution in [2.75, 3.05) is 13.1 Å².